The summed E-state index contributed by atoms with van der Waals surface area (Å²) in [5.41, 5.74) is 2.54. The molecule has 0 aromatic rings. The standard InChI is InChI=1S/C28H44O8/c1-17(10-13-29)6-9-20-19(8-7-18(2)31)14-22(36-26-24(34)23(33)21(32)15-35-26)25-27(3,16-30)11-5-12-28(20,25)4/h7-8,10,21-26,29-30,32-34H,5-6,9,11-16H2,1-4H3/b8-7+,17-10+/t21-,22-,23-,24+,25+,26-,27+,28+/m0/s1. The average molecular weight is 509 g/mol. The first-order chi connectivity index (χ1) is 17.0. The van der Waals surface area contributed by atoms with Crippen molar-refractivity contribution in [3.63, 3.8) is 0 Å². The van der Waals surface area contributed by atoms with Crippen LogP contribution in [0.15, 0.2) is 34.9 Å². The number of hydrogen-bond acceptors (Lipinski definition) is 8. The second-order valence-electron chi connectivity index (χ2n) is 11.4. The van der Waals surface area contributed by atoms with Crippen molar-refractivity contribution in [3.8, 4) is 0 Å². The zero-order chi connectivity index (χ0) is 26.7. The fraction of sp³-hybridized carbons (Fsp3) is 0.750. The SMILES string of the molecule is CC(=O)/C=C/C1=C(CC/C(C)=C/CO)[C@@]2(C)CCC[C@](C)(CO)[C@H]2[C@@H](O[C@@H]2OC[C@H](O)[C@H](O)[C@H]2O)C1. The minimum Gasteiger partial charge on any atom is -0.396 e. The molecule has 8 atom stereocenters. The number of rotatable bonds is 9. The van der Waals surface area contributed by atoms with Crippen LogP contribution in [-0.2, 0) is 14.3 Å². The second-order valence-corrected chi connectivity index (χ2v) is 11.4. The van der Waals surface area contributed by atoms with Crippen LogP contribution in [0.25, 0.3) is 0 Å². The Kier molecular flexibility index (Phi) is 9.71. The molecule has 0 radical (unpaired) electrons. The molecule has 0 amide bonds. The van der Waals surface area contributed by atoms with Gasteiger partial charge in [0, 0.05) is 12.5 Å². The van der Waals surface area contributed by atoms with Gasteiger partial charge in [0.25, 0.3) is 0 Å². The number of carbonyl (C=O) groups is 1. The van der Waals surface area contributed by atoms with Crippen molar-refractivity contribution >= 4 is 5.78 Å². The van der Waals surface area contributed by atoms with Gasteiger partial charge in [0.15, 0.2) is 12.1 Å². The first kappa shape index (κ1) is 29.2. The van der Waals surface area contributed by atoms with Crippen LogP contribution >= 0.6 is 0 Å². The fourth-order valence-electron chi connectivity index (χ4n) is 6.75. The molecule has 1 heterocycles. The Morgan fingerprint density at radius 3 is 2.50 bits per heavy atom. The predicted molar refractivity (Wildman–Crippen MR) is 135 cm³/mol. The molecule has 0 aromatic carbocycles. The number of fused-ring (bicyclic) bond motifs is 1. The van der Waals surface area contributed by atoms with Gasteiger partial charge in [-0.15, -0.1) is 0 Å². The molecule has 0 spiro atoms. The van der Waals surface area contributed by atoms with Crippen molar-refractivity contribution < 1.29 is 39.8 Å². The smallest absolute Gasteiger partial charge is 0.186 e. The summed E-state index contributed by atoms with van der Waals surface area (Å²) < 4.78 is 12.0. The molecule has 0 aromatic heterocycles. The summed E-state index contributed by atoms with van der Waals surface area (Å²) in [6.45, 7) is 7.61. The molecule has 3 rings (SSSR count). The van der Waals surface area contributed by atoms with E-state index in [0.717, 1.165) is 43.3 Å². The summed E-state index contributed by atoms with van der Waals surface area (Å²) in [6.07, 6.45) is 4.34. The number of aliphatic hydroxyl groups is 5. The van der Waals surface area contributed by atoms with Gasteiger partial charge in [0.2, 0.25) is 0 Å². The van der Waals surface area contributed by atoms with Crippen LogP contribution in [0.3, 0.4) is 0 Å². The van der Waals surface area contributed by atoms with Gasteiger partial charge >= 0.3 is 0 Å². The quantitative estimate of drug-likeness (QED) is 0.236. The molecule has 2 aliphatic carbocycles. The summed E-state index contributed by atoms with van der Waals surface area (Å²) in [4.78, 5) is 11.8. The Morgan fingerprint density at radius 2 is 1.86 bits per heavy atom. The van der Waals surface area contributed by atoms with Crippen LogP contribution in [0, 0.1) is 16.7 Å². The van der Waals surface area contributed by atoms with Crippen LogP contribution < -0.4 is 0 Å². The summed E-state index contributed by atoms with van der Waals surface area (Å²) in [5.74, 6) is -0.162. The van der Waals surface area contributed by atoms with E-state index in [-0.39, 0.29) is 36.9 Å². The molecule has 2 fully saturated rings. The largest absolute Gasteiger partial charge is 0.396 e. The summed E-state index contributed by atoms with van der Waals surface area (Å²) in [5, 5.41) is 50.5. The molecule has 8 heteroatoms. The highest BCUT2D eigenvalue weighted by Crippen LogP contribution is 2.61. The van der Waals surface area contributed by atoms with Crippen molar-refractivity contribution in [1.82, 2.24) is 0 Å². The topological polar surface area (TPSA) is 137 Å². The third kappa shape index (κ3) is 6.01. The Bertz CT molecular complexity index is 879. The molecular formula is C28H44O8. The monoisotopic (exact) mass is 508 g/mol. The molecule has 1 saturated carbocycles. The Hall–Kier alpha value is -1.39. The first-order valence-corrected chi connectivity index (χ1v) is 13.1. The molecule has 8 nitrogen and oxygen atoms in total. The van der Waals surface area contributed by atoms with E-state index in [4.69, 9.17) is 9.47 Å². The molecule has 3 aliphatic rings. The van der Waals surface area contributed by atoms with E-state index in [1.165, 1.54) is 12.5 Å². The lowest BCUT2D eigenvalue weighted by Gasteiger charge is -2.59. The van der Waals surface area contributed by atoms with Crippen LogP contribution in [-0.4, -0.2) is 81.8 Å². The number of hydrogen-bond donors (Lipinski definition) is 5. The third-order valence-electron chi connectivity index (χ3n) is 8.60. The van der Waals surface area contributed by atoms with Crippen molar-refractivity contribution in [3.05, 3.63) is 34.9 Å². The molecule has 1 aliphatic heterocycles. The molecule has 0 bridgehead atoms. The number of ketones is 1. The van der Waals surface area contributed by atoms with Crippen molar-refractivity contribution in [1.29, 1.82) is 0 Å². The lowest BCUT2D eigenvalue weighted by molar-refractivity contribution is -0.297. The van der Waals surface area contributed by atoms with Crippen molar-refractivity contribution in [2.45, 2.75) is 96.9 Å². The van der Waals surface area contributed by atoms with Crippen molar-refractivity contribution in [2.24, 2.45) is 16.7 Å². The number of allylic oxidation sites excluding steroid dienone is 4. The van der Waals surface area contributed by atoms with E-state index in [2.05, 4.69) is 13.8 Å². The van der Waals surface area contributed by atoms with Gasteiger partial charge in [0.1, 0.15) is 18.3 Å². The Morgan fingerprint density at radius 1 is 1.14 bits per heavy atom. The van der Waals surface area contributed by atoms with E-state index in [0.29, 0.717) is 6.42 Å². The van der Waals surface area contributed by atoms with Gasteiger partial charge in [-0.2, -0.15) is 0 Å². The van der Waals surface area contributed by atoms with Gasteiger partial charge in [-0.25, -0.2) is 0 Å². The van der Waals surface area contributed by atoms with Crippen LogP contribution in [0.2, 0.25) is 0 Å². The lowest BCUT2D eigenvalue weighted by atomic mass is 9.48. The third-order valence-corrected chi connectivity index (χ3v) is 8.60. The van der Waals surface area contributed by atoms with Crippen LogP contribution in [0.1, 0.15) is 66.2 Å². The minimum atomic E-state index is -1.41. The summed E-state index contributed by atoms with van der Waals surface area (Å²) >= 11 is 0. The molecular weight excluding hydrogens is 464 g/mol. The molecule has 5 N–H and O–H groups in total. The molecule has 1 saturated heterocycles. The normalized spacial score (nSPS) is 40.0. The van der Waals surface area contributed by atoms with Gasteiger partial charge in [0.05, 0.1) is 19.3 Å². The minimum absolute atomic E-state index is 0.00929. The lowest BCUT2D eigenvalue weighted by Crippen LogP contribution is -2.59. The number of ether oxygens (including phenoxy) is 2. The zero-order valence-electron chi connectivity index (χ0n) is 22.0. The van der Waals surface area contributed by atoms with Gasteiger partial charge in [-0.05, 0) is 68.4 Å². The first-order valence-electron chi connectivity index (χ1n) is 13.1. The molecule has 36 heavy (non-hydrogen) atoms. The Labute approximate surface area is 214 Å². The van der Waals surface area contributed by atoms with E-state index < -0.39 is 36.1 Å². The van der Waals surface area contributed by atoms with E-state index in [1.54, 1.807) is 12.2 Å². The average Bonchev–Trinajstić information content (AvgIpc) is 2.82. The number of aliphatic hydroxyl groups excluding tert-OH is 5. The van der Waals surface area contributed by atoms with Gasteiger partial charge in [-0.3, -0.25) is 4.79 Å². The maximum atomic E-state index is 11.8. The molecule has 204 valence electrons. The van der Waals surface area contributed by atoms with Gasteiger partial charge < -0.3 is 35.0 Å². The fourth-order valence-corrected chi connectivity index (χ4v) is 6.75. The van der Waals surface area contributed by atoms with Crippen LogP contribution in [0.5, 0.6) is 0 Å². The highest BCUT2D eigenvalue weighted by molar-refractivity contribution is 5.87. The number of carbonyl (C=O) groups excluding carboxylic acids is 1. The van der Waals surface area contributed by atoms with E-state index in [1.807, 2.05) is 13.0 Å². The zero-order valence-corrected chi connectivity index (χ0v) is 22.0. The highest BCUT2D eigenvalue weighted by atomic mass is 16.7. The van der Waals surface area contributed by atoms with Gasteiger partial charge in [-0.1, -0.05) is 43.6 Å². The van der Waals surface area contributed by atoms with Crippen molar-refractivity contribution in [2.75, 3.05) is 19.8 Å². The Balaban J connectivity index is 2.06. The summed E-state index contributed by atoms with van der Waals surface area (Å²) in [6, 6.07) is 0. The van der Waals surface area contributed by atoms with Crippen LogP contribution in [0.4, 0.5) is 0 Å². The molecule has 0 unspecified atom stereocenters. The predicted octanol–water partition coefficient (Wildman–Crippen LogP) is 2.18. The maximum Gasteiger partial charge on any atom is 0.186 e. The van der Waals surface area contributed by atoms with E-state index in [9.17, 15) is 30.3 Å². The summed E-state index contributed by atoms with van der Waals surface area (Å²) in [7, 11) is 0. The highest BCUT2D eigenvalue weighted by Gasteiger charge is 2.57. The maximum absolute atomic E-state index is 11.8. The van der Waals surface area contributed by atoms with E-state index >= 15 is 0 Å². The second kappa shape index (κ2) is 12.0.